The summed E-state index contributed by atoms with van der Waals surface area (Å²) in [6, 6.07) is 14.0. The third-order valence-corrected chi connectivity index (χ3v) is 4.29. The highest BCUT2D eigenvalue weighted by Gasteiger charge is 2.20. The molecule has 2 aromatic carbocycles. The summed E-state index contributed by atoms with van der Waals surface area (Å²) in [4.78, 5) is 0. The predicted molar refractivity (Wildman–Crippen MR) is 82.7 cm³/mol. The van der Waals surface area contributed by atoms with E-state index in [1.165, 1.54) is 0 Å². The second-order valence-corrected chi connectivity index (χ2v) is 5.90. The fourth-order valence-electron chi connectivity index (χ4n) is 2.60. The minimum atomic E-state index is -0.437. The number of rotatable bonds is 3. The predicted octanol–water partition coefficient (Wildman–Crippen LogP) is 4.91. The number of furan rings is 1. The maximum Gasteiger partial charge on any atom is 0.135 e. The zero-order valence-electron chi connectivity index (χ0n) is 12.1. The Morgan fingerprint density at radius 3 is 2.35 bits per heavy atom. The maximum absolute atomic E-state index is 10.5. The van der Waals surface area contributed by atoms with Gasteiger partial charge in [-0.3, -0.25) is 0 Å². The third kappa shape index (κ3) is 2.10. The molecule has 0 spiro atoms. The smallest absolute Gasteiger partial charge is 0.135 e. The van der Waals surface area contributed by atoms with Crippen LogP contribution >= 0.6 is 0 Å². The van der Waals surface area contributed by atoms with Gasteiger partial charge < -0.3 is 9.52 Å². The van der Waals surface area contributed by atoms with Crippen molar-refractivity contribution in [2.24, 2.45) is 11.8 Å². The Hall–Kier alpha value is -1.80. The molecule has 0 aliphatic heterocycles. The Balaban J connectivity index is 2.12. The number of para-hydroxylation sites is 1. The molecular formula is C18H20O2. The Morgan fingerprint density at radius 1 is 0.900 bits per heavy atom. The van der Waals surface area contributed by atoms with Crippen LogP contribution < -0.4 is 0 Å². The van der Waals surface area contributed by atoms with Crippen LogP contribution in [0.25, 0.3) is 21.9 Å². The van der Waals surface area contributed by atoms with E-state index in [-0.39, 0.29) is 5.92 Å². The average molecular weight is 268 g/mol. The van der Waals surface area contributed by atoms with Crippen LogP contribution in [0.3, 0.4) is 0 Å². The first-order valence-electron chi connectivity index (χ1n) is 7.17. The van der Waals surface area contributed by atoms with Gasteiger partial charge >= 0.3 is 0 Å². The van der Waals surface area contributed by atoms with Crippen molar-refractivity contribution in [3.8, 4) is 0 Å². The van der Waals surface area contributed by atoms with Gasteiger partial charge in [0.05, 0.1) is 6.10 Å². The Kier molecular flexibility index (Phi) is 3.27. The van der Waals surface area contributed by atoms with E-state index in [1.54, 1.807) is 0 Å². The fourth-order valence-corrected chi connectivity index (χ4v) is 2.60. The van der Waals surface area contributed by atoms with E-state index in [0.29, 0.717) is 5.92 Å². The highest BCUT2D eigenvalue weighted by molar-refractivity contribution is 6.04. The lowest BCUT2D eigenvalue weighted by molar-refractivity contribution is 0.0922. The summed E-state index contributed by atoms with van der Waals surface area (Å²) < 4.78 is 5.81. The summed E-state index contributed by atoms with van der Waals surface area (Å²) in [6.07, 6.45) is -0.437. The van der Waals surface area contributed by atoms with E-state index in [4.69, 9.17) is 4.42 Å². The van der Waals surface area contributed by atoms with Gasteiger partial charge in [0.1, 0.15) is 11.2 Å². The van der Waals surface area contributed by atoms with Crippen molar-refractivity contribution >= 4 is 21.9 Å². The molecule has 20 heavy (non-hydrogen) atoms. The molecule has 0 aliphatic carbocycles. The van der Waals surface area contributed by atoms with Gasteiger partial charge in [-0.25, -0.2) is 0 Å². The van der Waals surface area contributed by atoms with Crippen LogP contribution in [0.1, 0.15) is 32.4 Å². The first-order valence-corrected chi connectivity index (χ1v) is 7.17. The summed E-state index contributed by atoms with van der Waals surface area (Å²) in [5.74, 6) is 0.674. The van der Waals surface area contributed by atoms with Crippen molar-refractivity contribution in [2.75, 3.05) is 0 Å². The first kappa shape index (κ1) is 13.2. The van der Waals surface area contributed by atoms with E-state index in [9.17, 15) is 5.11 Å². The van der Waals surface area contributed by atoms with Gasteiger partial charge in [-0.1, -0.05) is 45.0 Å². The molecule has 0 saturated carbocycles. The lowest BCUT2D eigenvalue weighted by atomic mass is 9.88. The molecule has 2 nitrogen and oxygen atoms in total. The molecule has 0 amide bonds. The van der Waals surface area contributed by atoms with E-state index < -0.39 is 6.10 Å². The van der Waals surface area contributed by atoms with Crippen LogP contribution in [0.4, 0.5) is 0 Å². The number of aliphatic hydroxyl groups excluding tert-OH is 1. The SMILES string of the molecule is CC(C)C(C)C(O)c1ccc2oc3ccccc3c2c1. The Labute approximate surface area is 119 Å². The molecule has 0 fully saturated rings. The lowest BCUT2D eigenvalue weighted by Crippen LogP contribution is -2.14. The van der Waals surface area contributed by atoms with Crippen molar-refractivity contribution in [3.05, 3.63) is 48.0 Å². The van der Waals surface area contributed by atoms with Gasteiger partial charge in [-0.15, -0.1) is 0 Å². The minimum absolute atomic E-state index is 0.227. The van der Waals surface area contributed by atoms with Crippen LogP contribution in [-0.4, -0.2) is 5.11 Å². The highest BCUT2D eigenvalue weighted by atomic mass is 16.3. The molecule has 104 valence electrons. The molecule has 0 aliphatic rings. The molecule has 0 bridgehead atoms. The van der Waals surface area contributed by atoms with Crippen LogP contribution in [0, 0.1) is 11.8 Å². The first-order chi connectivity index (χ1) is 9.58. The molecule has 2 heteroatoms. The molecule has 1 N–H and O–H groups in total. The van der Waals surface area contributed by atoms with Crippen LogP contribution in [0.15, 0.2) is 46.9 Å². The molecule has 0 saturated heterocycles. The molecule has 1 aromatic heterocycles. The summed E-state index contributed by atoms with van der Waals surface area (Å²) >= 11 is 0. The molecule has 3 rings (SSSR count). The topological polar surface area (TPSA) is 33.4 Å². The molecule has 3 aromatic rings. The normalized spacial score (nSPS) is 15.1. The second kappa shape index (κ2) is 4.95. The van der Waals surface area contributed by atoms with Gasteiger partial charge in [0.25, 0.3) is 0 Å². The van der Waals surface area contributed by atoms with Crippen LogP contribution in [0.2, 0.25) is 0 Å². The van der Waals surface area contributed by atoms with E-state index in [1.807, 2.05) is 30.3 Å². The number of hydrogen-bond acceptors (Lipinski definition) is 2. The van der Waals surface area contributed by atoms with Crippen molar-refractivity contribution in [3.63, 3.8) is 0 Å². The van der Waals surface area contributed by atoms with Gasteiger partial charge in [-0.05, 0) is 35.6 Å². The monoisotopic (exact) mass is 268 g/mol. The summed E-state index contributed by atoms with van der Waals surface area (Å²) in [5.41, 5.74) is 2.73. The molecule has 2 atom stereocenters. The fraction of sp³-hybridized carbons (Fsp3) is 0.333. The van der Waals surface area contributed by atoms with Gasteiger partial charge in [-0.2, -0.15) is 0 Å². The van der Waals surface area contributed by atoms with Gasteiger partial charge in [0, 0.05) is 10.8 Å². The van der Waals surface area contributed by atoms with Crippen molar-refractivity contribution in [2.45, 2.75) is 26.9 Å². The Bertz CT molecular complexity index is 739. The zero-order chi connectivity index (χ0) is 14.3. The molecule has 1 heterocycles. The van der Waals surface area contributed by atoms with Gasteiger partial charge in [0.2, 0.25) is 0 Å². The molecule has 2 unspecified atom stereocenters. The highest BCUT2D eigenvalue weighted by Crippen LogP contribution is 2.33. The average Bonchev–Trinajstić information content (AvgIpc) is 2.83. The lowest BCUT2D eigenvalue weighted by Gasteiger charge is -2.22. The summed E-state index contributed by atoms with van der Waals surface area (Å²) in [6.45, 7) is 6.37. The van der Waals surface area contributed by atoms with E-state index in [2.05, 4.69) is 32.9 Å². The second-order valence-electron chi connectivity index (χ2n) is 5.90. The zero-order valence-corrected chi connectivity index (χ0v) is 12.1. The number of hydrogen-bond donors (Lipinski definition) is 1. The van der Waals surface area contributed by atoms with Gasteiger partial charge in [0.15, 0.2) is 0 Å². The number of fused-ring (bicyclic) bond motifs is 3. The largest absolute Gasteiger partial charge is 0.456 e. The summed E-state index contributed by atoms with van der Waals surface area (Å²) in [5, 5.41) is 12.7. The van der Waals surface area contributed by atoms with E-state index >= 15 is 0 Å². The van der Waals surface area contributed by atoms with E-state index in [0.717, 1.165) is 27.5 Å². The van der Waals surface area contributed by atoms with Crippen molar-refractivity contribution in [1.29, 1.82) is 0 Å². The maximum atomic E-state index is 10.5. The third-order valence-electron chi connectivity index (χ3n) is 4.29. The number of aliphatic hydroxyl groups is 1. The molecule has 0 radical (unpaired) electrons. The minimum Gasteiger partial charge on any atom is -0.456 e. The Morgan fingerprint density at radius 2 is 1.60 bits per heavy atom. The standard InChI is InChI=1S/C18H20O2/c1-11(2)12(3)18(19)13-8-9-17-15(10-13)14-6-4-5-7-16(14)20-17/h4-12,18-19H,1-3H3. The number of benzene rings is 2. The van der Waals surface area contributed by atoms with Crippen molar-refractivity contribution < 1.29 is 9.52 Å². The van der Waals surface area contributed by atoms with Crippen molar-refractivity contribution in [1.82, 2.24) is 0 Å². The summed E-state index contributed by atoms with van der Waals surface area (Å²) in [7, 11) is 0. The molecular weight excluding hydrogens is 248 g/mol. The van der Waals surface area contributed by atoms with Crippen LogP contribution in [-0.2, 0) is 0 Å². The quantitative estimate of drug-likeness (QED) is 0.732. The van der Waals surface area contributed by atoms with Crippen LogP contribution in [0.5, 0.6) is 0 Å².